The summed E-state index contributed by atoms with van der Waals surface area (Å²) in [6.45, 7) is 20.4. The lowest BCUT2D eigenvalue weighted by molar-refractivity contribution is 0.312. The molecule has 27 heavy (non-hydrogen) atoms. The summed E-state index contributed by atoms with van der Waals surface area (Å²) >= 11 is 2.32. The third kappa shape index (κ3) is 8.15. The van der Waals surface area contributed by atoms with Gasteiger partial charge in [0.15, 0.2) is 0 Å². The Kier molecular flexibility index (Phi) is 15.9. The normalized spacial score (nSPS) is 15.1. The molecule has 5 heteroatoms. The van der Waals surface area contributed by atoms with Gasteiger partial charge in [0.1, 0.15) is 0 Å². The molecule has 0 spiro atoms. The molecule has 0 amide bonds. The summed E-state index contributed by atoms with van der Waals surface area (Å²) in [7, 11) is -3.44. The van der Waals surface area contributed by atoms with Crippen LogP contribution < -0.4 is 0 Å². The van der Waals surface area contributed by atoms with E-state index in [1.54, 1.807) is 0 Å². The van der Waals surface area contributed by atoms with Gasteiger partial charge in [0.25, 0.3) is 0 Å². The zero-order valence-electron chi connectivity index (χ0n) is 19.9. The minimum absolute atomic E-state index is 0.711. The zero-order chi connectivity index (χ0) is 20.8. The van der Waals surface area contributed by atoms with Crippen LogP contribution in [0.1, 0.15) is 93.9 Å². The molecule has 0 N–H and O–H groups in total. The molecule has 0 aliphatic heterocycles. The molecular weight excluding hydrogens is 384 g/mol. The predicted molar refractivity (Wildman–Crippen MR) is 131 cm³/mol. The molecule has 2 nitrogen and oxygen atoms in total. The largest absolute Gasteiger partial charge is 0.416 e. The van der Waals surface area contributed by atoms with Crippen molar-refractivity contribution in [1.82, 2.24) is 0 Å². The summed E-state index contributed by atoms with van der Waals surface area (Å²) < 4.78 is 13.4. The smallest absolute Gasteiger partial charge is 0.205 e. The number of hydrogen-bond donors (Lipinski definition) is 0. The Morgan fingerprint density at radius 1 is 0.556 bits per heavy atom. The molecule has 2 atom stereocenters. The van der Waals surface area contributed by atoms with Gasteiger partial charge in [0, 0.05) is 23.0 Å². The van der Waals surface area contributed by atoms with Gasteiger partial charge in [-0.1, -0.05) is 67.2 Å². The van der Waals surface area contributed by atoms with Crippen LogP contribution in [-0.2, 0) is 8.85 Å². The second-order valence-corrected chi connectivity index (χ2v) is 18.4. The van der Waals surface area contributed by atoms with Crippen molar-refractivity contribution in [3.63, 3.8) is 0 Å². The van der Waals surface area contributed by atoms with Gasteiger partial charge in [0.05, 0.1) is 0 Å². The monoisotopic (exact) mass is 434 g/mol. The lowest BCUT2D eigenvalue weighted by atomic mass is 10.5. The van der Waals surface area contributed by atoms with Crippen LogP contribution in [0.4, 0.5) is 0 Å². The Morgan fingerprint density at radius 3 is 1.04 bits per heavy atom. The topological polar surface area (TPSA) is 18.5 Å². The molecule has 0 aliphatic rings. The van der Waals surface area contributed by atoms with E-state index < -0.39 is 16.6 Å². The third-order valence-electron chi connectivity index (χ3n) is 5.80. The van der Waals surface area contributed by atoms with Gasteiger partial charge in [-0.05, 0) is 50.9 Å². The summed E-state index contributed by atoms with van der Waals surface area (Å²) in [5.74, 6) is 0. The second-order valence-electron chi connectivity index (χ2n) is 7.93. The van der Waals surface area contributed by atoms with Crippen molar-refractivity contribution in [3.8, 4) is 0 Å². The maximum absolute atomic E-state index is 6.69. The zero-order valence-corrected chi connectivity index (χ0v) is 22.7. The molecule has 0 fully saturated rings. The Bertz CT molecular complexity index is 289. The Labute approximate surface area is 178 Å². The van der Waals surface area contributed by atoms with E-state index in [9.17, 15) is 0 Å². The van der Waals surface area contributed by atoms with Gasteiger partial charge in [-0.25, -0.2) is 0 Å². The summed E-state index contributed by atoms with van der Waals surface area (Å²) in [5, 5.41) is 0. The van der Waals surface area contributed by atoms with Crippen LogP contribution in [0.2, 0.25) is 24.2 Å². The molecule has 0 aromatic heterocycles. The van der Waals surface area contributed by atoms with E-state index in [2.05, 4.69) is 67.2 Å². The van der Waals surface area contributed by atoms with E-state index in [1.165, 1.54) is 62.7 Å². The van der Waals surface area contributed by atoms with E-state index in [0.717, 1.165) is 13.2 Å². The lowest BCUT2D eigenvalue weighted by Crippen LogP contribution is -2.54. The van der Waals surface area contributed by atoms with Crippen molar-refractivity contribution >= 4 is 28.4 Å². The fourth-order valence-corrected chi connectivity index (χ4v) is 19.8. The Balaban J connectivity index is 5.81. The van der Waals surface area contributed by atoms with Crippen molar-refractivity contribution in [2.75, 3.05) is 13.2 Å². The first-order chi connectivity index (χ1) is 13.0. The minimum atomic E-state index is -1.72. The van der Waals surface area contributed by atoms with Crippen molar-refractivity contribution in [1.29, 1.82) is 0 Å². The summed E-state index contributed by atoms with van der Waals surface area (Å²) in [5.41, 5.74) is 0. The number of thioether (sulfide) groups is 1. The maximum Gasteiger partial charge on any atom is 0.205 e. The van der Waals surface area contributed by atoms with Gasteiger partial charge < -0.3 is 8.85 Å². The highest BCUT2D eigenvalue weighted by Gasteiger charge is 2.47. The number of hydrogen-bond acceptors (Lipinski definition) is 3. The van der Waals surface area contributed by atoms with Crippen LogP contribution in [0, 0.1) is 0 Å². The minimum Gasteiger partial charge on any atom is -0.416 e. The highest BCUT2D eigenvalue weighted by atomic mass is 32.2. The van der Waals surface area contributed by atoms with Crippen LogP contribution in [0.15, 0.2) is 0 Å². The maximum atomic E-state index is 6.69. The molecular formula is C22H50O2SSi2. The van der Waals surface area contributed by atoms with E-state index in [-0.39, 0.29) is 0 Å². The molecule has 0 saturated carbocycles. The van der Waals surface area contributed by atoms with Gasteiger partial charge in [-0.2, -0.15) is 11.8 Å². The molecule has 0 saturated heterocycles. The number of rotatable bonds is 18. The molecule has 0 heterocycles. The summed E-state index contributed by atoms with van der Waals surface area (Å²) in [6, 6.07) is 5.28. The molecule has 0 aliphatic carbocycles. The molecule has 0 aromatic rings. The summed E-state index contributed by atoms with van der Waals surface area (Å²) in [6.07, 6.45) is 7.55. The highest BCUT2D eigenvalue weighted by Crippen LogP contribution is 2.42. The third-order valence-corrected chi connectivity index (χ3v) is 20.8. The van der Waals surface area contributed by atoms with Crippen LogP contribution in [0.3, 0.4) is 0 Å². The van der Waals surface area contributed by atoms with Gasteiger partial charge >= 0.3 is 0 Å². The van der Waals surface area contributed by atoms with Gasteiger partial charge in [-0.3, -0.25) is 0 Å². The fraction of sp³-hybridized carbons (Fsp3) is 1.00. The average molecular weight is 435 g/mol. The van der Waals surface area contributed by atoms with Crippen molar-refractivity contribution < 1.29 is 8.85 Å². The quantitative estimate of drug-likeness (QED) is 0.204. The molecule has 0 bridgehead atoms. The molecule has 0 rings (SSSR count). The average Bonchev–Trinajstić information content (AvgIpc) is 2.63. The fourth-order valence-electron chi connectivity index (χ4n) is 5.02. The standard InChI is InChI=1S/C22H50O2SSi2/c1-9-17-26(18-10-2,23-15-7)21(13-5)25-22(14-6)27(19-11-3,20-12-4)24-16-8/h21-22H,9-20H2,1-8H3. The molecule has 2 unspecified atom stereocenters. The van der Waals surface area contributed by atoms with Crippen molar-refractivity contribution in [2.24, 2.45) is 0 Å². The predicted octanol–water partition coefficient (Wildman–Crippen LogP) is 7.96. The molecule has 0 aromatic carbocycles. The van der Waals surface area contributed by atoms with Gasteiger partial charge in [0.2, 0.25) is 16.6 Å². The van der Waals surface area contributed by atoms with E-state index in [4.69, 9.17) is 8.85 Å². The van der Waals surface area contributed by atoms with Gasteiger partial charge in [-0.15, -0.1) is 0 Å². The van der Waals surface area contributed by atoms with E-state index in [1.807, 2.05) is 0 Å². The molecule has 164 valence electrons. The van der Waals surface area contributed by atoms with E-state index in [0.29, 0.717) is 9.75 Å². The van der Waals surface area contributed by atoms with Crippen LogP contribution in [0.25, 0.3) is 0 Å². The lowest BCUT2D eigenvalue weighted by Gasteiger charge is -2.43. The Hall–Kier alpha value is 0.704. The molecule has 0 radical (unpaired) electrons. The van der Waals surface area contributed by atoms with Crippen molar-refractivity contribution in [3.05, 3.63) is 0 Å². The SMILES string of the molecule is CCC[Si](CCC)(OCC)C(CC)SC(CC)[Si](CCC)(CCC)OCC. The first kappa shape index (κ1) is 27.7. The van der Waals surface area contributed by atoms with Crippen molar-refractivity contribution in [2.45, 2.75) is 128 Å². The highest BCUT2D eigenvalue weighted by molar-refractivity contribution is 8.03. The van der Waals surface area contributed by atoms with Crippen LogP contribution >= 0.6 is 11.8 Å². The second kappa shape index (κ2) is 15.5. The Morgan fingerprint density at radius 2 is 0.852 bits per heavy atom. The first-order valence-electron chi connectivity index (χ1n) is 11.9. The van der Waals surface area contributed by atoms with Crippen LogP contribution in [0.5, 0.6) is 0 Å². The van der Waals surface area contributed by atoms with E-state index >= 15 is 0 Å². The first-order valence-corrected chi connectivity index (χ1v) is 17.7. The summed E-state index contributed by atoms with van der Waals surface area (Å²) in [4.78, 5) is 1.42. The van der Waals surface area contributed by atoms with Crippen LogP contribution in [-0.4, -0.2) is 39.6 Å².